The molecular weight excluding hydrogens is 741 g/mol. The number of aromatic nitrogens is 3. The average Bonchev–Trinajstić information content (AvgIpc) is 3.98. The zero-order valence-corrected chi connectivity index (χ0v) is 32.2. The number of benzene rings is 8. The van der Waals surface area contributed by atoms with Crippen LogP contribution in [-0.4, -0.2) is 14.5 Å². The summed E-state index contributed by atoms with van der Waals surface area (Å²) in [7, 11) is 0. The van der Waals surface area contributed by atoms with Gasteiger partial charge >= 0.3 is 0 Å². The van der Waals surface area contributed by atoms with Gasteiger partial charge in [-0.15, -0.1) is 11.3 Å². The first kappa shape index (κ1) is 33.3. The number of rotatable bonds is 5. The van der Waals surface area contributed by atoms with Crippen LogP contribution in [0.2, 0.25) is 0 Å². The van der Waals surface area contributed by atoms with Crippen LogP contribution in [0.3, 0.4) is 0 Å². The third-order valence-electron chi connectivity index (χ3n) is 11.4. The molecule has 274 valence electrons. The van der Waals surface area contributed by atoms with E-state index in [-0.39, 0.29) is 0 Å². The first-order chi connectivity index (χ1) is 29.2. The van der Waals surface area contributed by atoms with Crippen LogP contribution in [0.4, 0.5) is 0 Å². The minimum atomic E-state index is 0.594. The molecule has 0 saturated carbocycles. The summed E-state index contributed by atoms with van der Waals surface area (Å²) in [6.07, 6.45) is 0. The smallest absolute Gasteiger partial charge is 0.160 e. The van der Waals surface area contributed by atoms with Crippen LogP contribution in [0.25, 0.3) is 115 Å². The molecule has 4 aromatic heterocycles. The summed E-state index contributed by atoms with van der Waals surface area (Å²) >= 11 is 1.74. The molecule has 0 bridgehead atoms. The summed E-state index contributed by atoms with van der Waals surface area (Å²) in [5.74, 6) is 0.689. The van der Waals surface area contributed by atoms with Gasteiger partial charge in [-0.3, -0.25) is 0 Å². The molecule has 0 fully saturated rings. The van der Waals surface area contributed by atoms with Crippen molar-refractivity contribution < 1.29 is 4.42 Å². The zero-order valence-electron chi connectivity index (χ0n) is 31.4. The van der Waals surface area contributed by atoms with Crippen molar-refractivity contribution in [3.05, 3.63) is 188 Å². The molecule has 59 heavy (non-hydrogen) atoms. The highest BCUT2D eigenvalue weighted by Gasteiger charge is 2.26. The van der Waals surface area contributed by atoms with Crippen LogP contribution in [0.15, 0.2) is 186 Å². The molecule has 0 aliphatic rings. The number of nitriles is 1. The van der Waals surface area contributed by atoms with Crippen LogP contribution < -0.4 is 0 Å². The molecule has 5 nitrogen and oxygen atoms in total. The van der Waals surface area contributed by atoms with Gasteiger partial charge in [0, 0.05) is 48.5 Å². The highest BCUT2D eigenvalue weighted by atomic mass is 32.1. The van der Waals surface area contributed by atoms with Crippen LogP contribution in [-0.2, 0) is 0 Å². The molecule has 0 aliphatic carbocycles. The molecule has 0 N–H and O–H groups in total. The first-order valence-corrected chi connectivity index (χ1v) is 20.4. The van der Waals surface area contributed by atoms with E-state index < -0.39 is 0 Å². The Morgan fingerprint density at radius 1 is 0.525 bits per heavy atom. The number of hydrogen-bond donors (Lipinski definition) is 0. The lowest BCUT2D eigenvalue weighted by Gasteiger charge is -2.21. The van der Waals surface area contributed by atoms with Crippen molar-refractivity contribution in [1.29, 1.82) is 5.26 Å². The van der Waals surface area contributed by atoms with Gasteiger partial charge in [-0.25, -0.2) is 9.97 Å². The third-order valence-corrected chi connectivity index (χ3v) is 12.6. The topological polar surface area (TPSA) is 67.6 Å². The minimum absolute atomic E-state index is 0.594. The fraction of sp³-hybridized carbons (Fsp3) is 0. The van der Waals surface area contributed by atoms with Crippen molar-refractivity contribution in [1.82, 2.24) is 14.5 Å². The molecule has 12 rings (SSSR count). The quantitative estimate of drug-likeness (QED) is 0.175. The monoisotopic (exact) mass is 770 g/mol. The Balaban J connectivity index is 1.25. The van der Waals surface area contributed by atoms with Gasteiger partial charge in [-0.2, -0.15) is 5.26 Å². The lowest BCUT2D eigenvalue weighted by atomic mass is 9.91. The van der Waals surface area contributed by atoms with Crippen LogP contribution in [0.5, 0.6) is 0 Å². The van der Waals surface area contributed by atoms with Crippen molar-refractivity contribution in [2.24, 2.45) is 0 Å². The standard InChI is InChI=1S/C53H30N4OS/c54-31-32-24-26-43-42(28-32)47-44(27-25-38-37-20-10-12-22-45(37)58-51(38)47)57(43)50-40(33-14-4-1-5-15-33)29-36(30-41(50)34-16-6-2-7-17-34)48-52-49(39-21-11-13-23-46(39)59-52)56-53(55-48)35-18-8-3-9-19-35/h1-30H. The lowest BCUT2D eigenvalue weighted by molar-refractivity contribution is 0.673. The summed E-state index contributed by atoms with van der Waals surface area (Å²) in [6, 6.07) is 65.5. The van der Waals surface area contributed by atoms with Gasteiger partial charge in [0.05, 0.1) is 49.7 Å². The summed E-state index contributed by atoms with van der Waals surface area (Å²) < 4.78 is 11.3. The van der Waals surface area contributed by atoms with E-state index in [1.54, 1.807) is 11.3 Å². The Bertz CT molecular complexity index is 3610. The molecule has 6 heteroatoms. The minimum Gasteiger partial charge on any atom is -0.455 e. The van der Waals surface area contributed by atoms with E-state index in [4.69, 9.17) is 14.4 Å². The fourth-order valence-electron chi connectivity index (χ4n) is 8.79. The second kappa shape index (κ2) is 13.1. The van der Waals surface area contributed by atoms with Crippen molar-refractivity contribution >= 4 is 75.4 Å². The lowest BCUT2D eigenvalue weighted by Crippen LogP contribution is -2.02. The van der Waals surface area contributed by atoms with E-state index in [0.717, 1.165) is 104 Å². The molecule has 0 saturated heterocycles. The van der Waals surface area contributed by atoms with E-state index in [1.165, 1.54) is 4.70 Å². The fourth-order valence-corrected chi connectivity index (χ4v) is 9.94. The molecule has 0 amide bonds. The van der Waals surface area contributed by atoms with Crippen molar-refractivity contribution in [2.75, 3.05) is 0 Å². The molecule has 0 atom stereocenters. The normalized spacial score (nSPS) is 11.7. The Morgan fingerprint density at radius 2 is 1.15 bits per heavy atom. The predicted molar refractivity (Wildman–Crippen MR) is 243 cm³/mol. The van der Waals surface area contributed by atoms with E-state index in [2.05, 4.69) is 144 Å². The maximum atomic E-state index is 10.2. The highest BCUT2D eigenvalue weighted by Crippen LogP contribution is 2.48. The number of para-hydroxylation sites is 1. The van der Waals surface area contributed by atoms with E-state index in [0.29, 0.717) is 11.4 Å². The number of furan rings is 1. The summed E-state index contributed by atoms with van der Waals surface area (Å²) in [5, 5.41) is 15.3. The number of nitrogens with zero attached hydrogens (tertiary/aromatic N) is 4. The van der Waals surface area contributed by atoms with Crippen molar-refractivity contribution in [2.45, 2.75) is 0 Å². The van der Waals surface area contributed by atoms with Gasteiger partial charge in [0.2, 0.25) is 0 Å². The highest BCUT2D eigenvalue weighted by molar-refractivity contribution is 7.26. The van der Waals surface area contributed by atoms with Crippen LogP contribution >= 0.6 is 11.3 Å². The van der Waals surface area contributed by atoms with Gasteiger partial charge in [-0.1, -0.05) is 127 Å². The van der Waals surface area contributed by atoms with E-state index >= 15 is 0 Å². The Labute approximate surface area is 342 Å². The molecule has 8 aromatic carbocycles. The molecule has 12 aromatic rings. The van der Waals surface area contributed by atoms with Crippen molar-refractivity contribution in [3.8, 4) is 56.7 Å². The van der Waals surface area contributed by atoms with E-state index in [1.807, 2.05) is 48.5 Å². The molecule has 0 radical (unpaired) electrons. The van der Waals surface area contributed by atoms with Gasteiger partial charge in [0.1, 0.15) is 11.2 Å². The summed E-state index contributed by atoms with van der Waals surface area (Å²) in [6.45, 7) is 0. The zero-order chi connectivity index (χ0) is 39.0. The van der Waals surface area contributed by atoms with Crippen molar-refractivity contribution in [3.63, 3.8) is 0 Å². The number of thiophene rings is 1. The van der Waals surface area contributed by atoms with Gasteiger partial charge in [0.15, 0.2) is 5.82 Å². The largest absolute Gasteiger partial charge is 0.455 e. The molecule has 4 heterocycles. The Hall–Kier alpha value is -7.85. The summed E-state index contributed by atoms with van der Waals surface area (Å²) in [5.41, 5.74) is 13.3. The third kappa shape index (κ3) is 5.16. The van der Waals surface area contributed by atoms with Gasteiger partial charge < -0.3 is 8.98 Å². The maximum Gasteiger partial charge on any atom is 0.160 e. The van der Waals surface area contributed by atoms with Crippen LogP contribution in [0, 0.1) is 11.3 Å². The first-order valence-electron chi connectivity index (χ1n) is 19.5. The number of fused-ring (bicyclic) bond motifs is 10. The van der Waals surface area contributed by atoms with Gasteiger partial charge in [0.25, 0.3) is 0 Å². The average molecular weight is 771 g/mol. The van der Waals surface area contributed by atoms with E-state index in [9.17, 15) is 5.26 Å². The maximum absolute atomic E-state index is 10.2. The van der Waals surface area contributed by atoms with Gasteiger partial charge in [-0.05, 0) is 65.7 Å². The second-order valence-electron chi connectivity index (χ2n) is 14.8. The van der Waals surface area contributed by atoms with Crippen LogP contribution in [0.1, 0.15) is 5.56 Å². The predicted octanol–water partition coefficient (Wildman–Crippen LogP) is 14.4. The number of hydrogen-bond acceptors (Lipinski definition) is 5. The SMILES string of the molecule is N#Cc1ccc2c(c1)c1c3oc4ccccc4c3ccc1n2-c1c(-c2ccccc2)cc(-c2nc(-c3ccccc3)nc3c2sc2ccccc23)cc1-c1ccccc1. The summed E-state index contributed by atoms with van der Waals surface area (Å²) in [4.78, 5) is 10.6. The molecule has 0 spiro atoms. The Kier molecular flexibility index (Phi) is 7.40. The molecule has 0 aliphatic heterocycles. The Morgan fingerprint density at radius 3 is 1.86 bits per heavy atom. The second-order valence-corrected chi connectivity index (χ2v) is 15.9. The molecule has 0 unspecified atom stereocenters. The molecular formula is C53H30N4OS.